The van der Waals surface area contributed by atoms with Crippen LogP contribution in [0.15, 0.2) is 23.0 Å². The fourth-order valence-corrected chi connectivity index (χ4v) is 3.54. The number of carbonyl (C=O) groups is 2. The quantitative estimate of drug-likeness (QED) is 0.618. The third-order valence-electron chi connectivity index (χ3n) is 3.63. The number of benzene rings is 1. The maximum Gasteiger partial charge on any atom is 0.333 e. The van der Waals surface area contributed by atoms with E-state index in [0.717, 1.165) is 15.9 Å². The van der Waals surface area contributed by atoms with Crippen molar-refractivity contribution in [2.75, 3.05) is 13.7 Å². The maximum atomic E-state index is 12.7. The standard InChI is InChI=1S/C20H24N2O6S/c1-5-27-19(24)10-18-22(11-17(21)23)20(25)16(29-18)9-13-6-7-14(28-12(2)3)15(8-13)26-4/h6-10,12H,5,11H2,1-4H3,(H2,21,23). The monoisotopic (exact) mass is 420 g/mol. The second kappa shape index (κ2) is 9.92. The van der Waals surface area contributed by atoms with Crippen molar-refractivity contribution >= 4 is 35.4 Å². The second-order valence-corrected chi connectivity index (χ2v) is 7.34. The van der Waals surface area contributed by atoms with Crippen LogP contribution in [0.4, 0.5) is 0 Å². The van der Waals surface area contributed by atoms with E-state index in [1.54, 1.807) is 31.2 Å². The van der Waals surface area contributed by atoms with E-state index in [1.807, 2.05) is 13.8 Å². The molecule has 2 N–H and O–H groups in total. The largest absolute Gasteiger partial charge is 0.493 e. The molecule has 0 aliphatic heterocycles. The molecular formula is C20H24N2O6S. The molecule has 2 rings (SSSR count). The fraction of sp³-hybridized carbons (Fsp3) is 0.350. The van der Waals surface area contributed by atoms with E-state index >= 15 is 0 Å². The van der Waals surface area contributed by atoms with Gasteiger partial charge in [0.05, 0.1) is 30.4 Å². The maximum absolute atomic E-state index is 12.7. The molecule has 0 fully saturated rings. The zero-order valence-electron chi connectivity index (χ0n) is 16.8. The van der Waals surface area contributed by atoms with Crippen LogP contribution in [0.1, 0.15) is 26.3 Å². The molecule has 0 bridgehead atoms. The molecule has 29 heavy (non-hydrogen) atoms. The number of methoxy groups -OCH3 is 1. The Bertz CT molecular complexity index is 1070. The van der Waals surface area contributed by atoms with E-state index in [0.29, 0.717) is 21.6 Å². The molecule has 9 heteroatoms. The SMILES string of the molecule is CCOC(=O)C=c1sc(=Cc2ccc(OC(C)C)c(OC)c2)c(=O)n1CC(N)=O. The highest BCUT2D eigenvalue weighted by Crippen LogP contribution is 2.29. The molecule has 0 aliphatic rings. The molecule has 0 saturated carbocycles. The Hall–Kier alpha value is -3.07. The van der Waals surface area contributed by atoms with Crippen LogP contribution < -0.4 is 30.0 Å². The highest BCUT2D eigenvalue weighted by atomic mass is 32.1. The minimum absolute atomic E-state index is 0.0157. The first-order valence-electron chi connectivity index (χ1n) is 8.98. The smallest absolute Gasteiger partial charge is 0.333 e. The summed E-state index contributed by atoms with van der Waals surface area (Å²) in [6.07, 6.45) is 2.81. The van der Waals surface area contributed by atoms with Gasteiger partial charge in [0, 0.05) is 0 Å². The summed E-state index contributed by atoms with van der Waals surface area (Å²) in [4.78, 5) is 35.9. The molecule has 156 valence electrons. The van der Waals surface area contributed by atoms with E-state index < -0.39 is 17.4 Å². The van der Waals surface area contributed by atoms with Gasteiger partial charge in [-0.1, -0.05) is 6.07 Å². The lowest BCUT2D eigenvalue weighted by Gasteiger charge is -2.13. The lowest BCUT2D eigenvalue weighted by molar-refractivity contribution is -0.135. The van der Waals surface area contributed by atoms with Crippen LogP contribution in [0.5, 0.6) is 11.5 Å². The molecule has 0 spiro atoms. The number of rotatable bonds is 8. The fourth-order valence-electron chi connectivity index (χ4n) is 2.51. The average molecular weight is 420 g/mol. The number of hydrogen-bond acceptors (Lipinski definition) is 7. The molecule has 1 aromatic heterocycles. The van der Waals surface area contributed by atoms with Crippen molar-refractivity contribution in [1.82, 2.24) is 4.57 Å². The molecule has 0 saturated heterocycles. The molecule has 0 aliphatic carbocycles. The Kier molecular flexibility index (Phi) is 7.60. The number of hydrogen-bond donors (Lipinski definition) is 1. The van der Waals surface area contributed by atoms with Gasteiger partial charge in [-0.15, -0.1) is 11.3 Å². The van der Waals surface area contributed by atoms with E-state index in [-0.39, 0.29) is 23.9 Å². The summed E-state index contributed by atoms with van der Waals surface area (Å²) in [5, 5.41) is 0. The number of esters is 1. The normalized spacial score (nSPS) is 12.3. The summed E-state index contributed by atoms with van der Waals surface area (Å²) < 4.78 is 17.7. The van der Waals surface area contributed by atoms with E-state index in [4.69, 9.17) is 19.9 Å². The van der Waals surface area contributed by atoms with Crippen LogP contribution in [0, 0.1) is 0 Å². The lowest BCUT2D eigenvalue weighted by Crippen LogP contribution is -2.36. The molecule has 0 atom stereocenters. The topological polar surface area (TPSA) is 110 Å². The van der Waals surface area contributed by atoms with Gasteiger partial charge < -0.3 is 19.9 Å². The first kappa shape index (κ1) is 22.2. The predicted molar refractivity (Wildman–Crippen MR) is 110 cm³/mol. The summed E-state index contributed by atoms with van der Waals surface area (Å²) in [5.74, 6) is -0.171. The van der Waals surface area contributed by atoms with Gasteiger partial charge in [-0.3, -0.25) is 14.2 Å². The summed E-state index contributed by atoms with van der Waals surface area (Å²) in [5.41, 5.74) is 5.52. The summed E-state index contributed by atoms with van der Waals surface area (Å²) >= 11 is 1.06. The highest BCUT2D eigenvalue weighted by Gasteiger charge is 2.11. The summed E-state index contributed by atoms with van der Waals surface area (Å²) in [6, 6.07) is 5.28. The number of thiazole rings is 1. The average Bonchev–Trinajstić information content (AvgIpc) is 2.91. The van der Waals surface area contributed by atoms with E-state index in [1.165, 1.54) is 13.2 Å². The molecular weight excluding hydrogens is 396 g/mol. The minimum atomic E-state index is -0.688. The van der Waals surface area contributed by atoms with Crippen molar-refractivity contribution in [3.8, 4) is 11.5 Å². The van der Waals surface area contributed by atoms with Crippen molar-refractivity contribution in [2.45, 2.75) is 33.4 Å². The molecule has 1 heterocycles. The van der Waals surface area contributed by atoms with Crippen molar-refractivity contribution in [3.05, 3.63) is 43.3 Å². The van der Waals surface area contributed by atoms with E-state index in [2.05, 4.69) is 0 Å². The lowest BCUT2D eigenvalue weighted by atomic mass is 10.2. The Morgan fingerprint density at radius 1 is 1.28 bits per heavy atom. The van der Waals surface area contributed by atoms with Crippen LogP contribution in [0.3, 0.4) is 0 Å². The van der Waals surface area contributed by atoms with Gasteiger partial charge in [-0.05, 0) is 44.5 Å². The van der Waals surface area contributed by atoms with Gasteiger partial charge in [0.2, 0.25) is 5.91 Å². The zero-order valence-corrected chi connectivity index (χ0v) is 17.6. The Morgan fingerprint density at radius 2 is 2.00 bits per heavy atom. The molecule has 0 radical (unpaired) electrons. The van der Waals surface area contributed by atoms with Gasteiger partial charge in [-0.25, -0.2) is 4.79 Å². The molecule has 8 nitrogen and oxygen atoms in total. The molecule has 0 unspecified atom stereocenters. The van der Waals surface area contributed by atoms with Gasteiger partial charge in [0.15, 0.2) is 11.5 Å². The zero-order chi connectivity index (χ0) is 21.6. The number of nitrogens with two attached hydrogens (primary N) is 1. The summed E-state index contributed by atoms with van der Waals surface area (Å²) in [6.45, 7) is 5.36. The van der Waals surface area contributed by atoms with Gasteiger partial charge in [0.1, 0.15) is 11.2 Å². The number of carbonyl (C=O) groups excluding carboxylic acids is 2. The van der Waals surface area contributed by atoms with Crippen molar-refractivity contribution < 1.29 is 23.8 Å². The molecule has 1 amide bonds. The van der Waals surface area contributed by atoms with Crippen molar-refractivity contribution in [3.63, 3.8) is 0 Å². The molecule has 1 aromatic carbocycles. The number of aromatic nitrogens is 1. The first-order chi connectivity index (χ1) is 13.7. The van der Waals surface area contributed by atoms with Crippen LogP contribution in [0.2, 0.25) is 0 Å². The van der Waals surface area contributed by atoms with Crippen LogP contribution >= 0.6 is 11.3 Å². The third-order valence-corrected chi connectivity index (χ3v) is 4.69. The number of amides is 1. The van der Waals surface area contributed by atoms with Gasteiger partial charge >= 0.3 is 5.97 Å². The van der Waals surface area contributed by atoms with Gasteiger partial charge in [0.25, 0.3) is 5.56 Å². The third kappa shape index (κ3) is 5.95. The number of primary amides is 1. The molecule has 2 aromatic rings. The Morgan fingerprint density at radius 3 is 2.59 bits per heavy atom. The number of ether oxygens (including phenoxy) is 3. The first-order valence-corrected chi connectivity index (χ1v) is 9.79. The van der Waals surface area contributed by atoms with Crippen LogP contribution in [-0.4, -0.2) is 36.3 Å². The number of nitrogens with zero attached hydrogens (tertiary/aromatic N) is 1. The van der Waals surface area contributed by atoms with Crippen molar-refractivity contribution in [1.29, 1.82) is 0 Å². The second-order valence-electron chi connectivity index (χ2n) is 6.28. The van der Waals surface area contributed by atoms with Crippen molar-refractivity contribution in [2.24, 2.45) is 5.73 Å². The predicted octanol–water partition coefficient (Wildman–Crippen LogP) is 0.363. The highest BCUT2D eigenvalue weighted by molar-refractivity contribution is 7.07. The van der Waals surface area contributed by atoms with E-state index in [9.17, 15) is 14.4 Å². The summed E-state index contributed by atoms with van der Waals surface area (Å²) in [7, 11) is 1.53. The van der Waals surface area contributed by atoms with Gasteiger partial charge in [-0.2, -0.15) is 0 Å². The minimum Gasteiger partial charge on any atom is -0.493 e. The Balaban J connectivity index is 2.58. The Labute approximate surface area is 171 Å². The van der Waals surface area contributed by atoms with Crippen LogP contribution in [0.25, 0.3) is 12.2 Å². The van der Waals surface area contributed by atoms with Crippen LogP contribution in [-0.2, 0) is 20.9 Å².